The Balaban J connectivity index is 0.976. The van der Waals surface area contributed by atoms with E-state index in [9.17, 15) is 0 Å². The summed E-state index contributed by atoms with van der Waals surface area (Å²) < 4.78 is 25.3. The van der Waals surface area contributed by atoms with Crippen LogP contribution < -0.4 is 0 Å². The molecule has 1 aromatic heterocycles. The molecule has 0 amide bonds. The maximum absolute atomic E-state index is 6.42. The number of aliphatic imine (C=N–C) groups is 2. The van der Waals surface area contributed by atoms with E-state index in [1.165, 1.54) is 9.79 Å². The van der Waals surface area contributed by atoms with E-state index in [1.807, 2.05) is 78.9 Å². The van der Waals surface area contributed by atoms with Gasteiger partial charge in [-0.25, -0.2) is 9.98 Å². The molecule has 2 unspecified atom stereocenters. The summed E-state index contributed by atoms with van der Waals surface area (Å²) in [5.74, 6) is 1.28. The van der Waals surface area contributed by atoms with Gasteiger partial charge in [-0.3, -0.25) is 4.98 Å². The average Bonchev–Trinajstić information content (AvgIpc) is 3.81. The van der Waals surface area contributed by atoms with Crippen LogP contribution >= 0.6 is 23.5 Å². The zero-order valence-electron chi connectivity index (χ0n) is 28.1. The van der Waals surface area contributed by atoms with Crippen molar-refractivity contribution in [2.45, 2.75) is 47.3 Å². The van der Waals surface area contributed by atoms with Gasteiger partial charge in [0.2, 0.25) is 11.8 Å². The smallest absolute Gasteiger partial charge is 0.217 e. The van der Waals surface area contributed by atoms with Crippen LogP contribution in [0.25, 0.3) is 0 Å². The zero-order valence-corrected chi connectivity index (χ0v) is 29.7. The lowest BCUT2D eigenvalue weighted by molar-refractivity contribution is 0.0703. The largest absolute Gasteiger partial charge is 0.467 e. The number of hydrogen-bond donors (Lipinski definition) is 0. The second-order valence-corrected chi connectivity index (χ2v) is 13.8. The fourth-order valence-electron chi connectivity index (χ4n) is 6.02. The third kappa shape index (κ3) is 8.30. The maximum atomic E-state index is 6.42. The Morgan fingerprint density at radius 3 is 1.34 bits per heavy atom. The molecular formula is C41H39N3O4S2. The first-order valence-electron chi connectivity index (χ1n) is 16.6. The van der Waals surface area contributed by atoms with Crippen molar-refractivity contribution in [3.05, 3.63) is 161 Å². The van der Waals surface area contributed by atoms with Crippen LogP contribution in [0, 0.1) is 0 Å². The molecule has 0 saturated heterocycles. The lowest BCUT2D eigenvalue weighted by Gasteiger charge is -2.19. The molecule has 9 heteroatoms. The first-order valence-corrected chi connectivity index (χ1v) is 19.1. The summed E-state index contributed by atoms with van der Waals surface area (Å²) in [5.41, 5.74) is 5.74. The summed E-state index contributed by atoms with van der Waals surface area (Å²) in [4.78, 5) is 17.1. The van der Waals surface area contributed by atoms with E-state index in [4.69, 9.17) is 33.9 Å². The molecule has 0 bridgehead atoms. The quantitative estimate of drug-likeness (QED) is 0.107. The second-order valence-electron chi connectivity index (χ2n) is 12.0. The van der Waals surface area contributed by atoms with Gasteiger partial charge < -0.3 is 18.9 Å². The number of aromatic nitrogens is 1. The molecule has 4 atom stereocenters. The molecule has 4 aromatic carbocycles. The third-order valence-corrected chi connectivity index (χ3v) is 10.1. The Kier molecular flexibility index (Phi) is 11.3. The molecule has 0 spiro atoms. The van der Waals surface area contributed by atoms with Crippen LogP contribution in [-0.2, 0) is 32.2 Å². The minimum Gasteiger partial charge on any atom is -0.467 e. The highest BCUT2D eigenvalue weighted by molar-refractivity contribution is 7.98. The van der Waals surface area contributed by atoms with Gasteiger partial charge >= 0.3 is 0 Å². The van der Waals surface area contributed by atoms with Gasteiger partial charge in [-0.15, -0.1) is 23.5 Å². The Hall–Kier alpha value is -4.41. The molecule has 0 saturated carbocycles. The van der Waals surface area contributed by atoms with Gasteiger partial charge in [0.25, 0.3) is 0 Å². The van der Waals surface area contributed by atoms with Gasteiger partial charge in [0.05, 0.1) is 37.8 Å². The van der Waals surface area contributed by atoms with Crippen molar-refractivity contribution in [2.24, 2.45) is 9.98 Å². The van der Waals surface area contributed by atoms with Crippen molar-refractivity contribution in [3.63, 3.8) is 0 Å². The molecule has 0 N–H and O–H groups in total. The molecule has 254 valence electrons. The van der Waals surface area contributed by atoms with Crippen LogP contribution in [-0.4, -0.2) is 54.6 Å². The van der Waals surface area contributed by atoms with Crippen molar-refractivity contribution in [2.75, 3.05) is 25.7 Å². The van der Waals surface area contributed by atoms with Crippen LogP contribution in [0.15, 0.2) is 147 Å². The minimum atomic E-state index is -0.231. The van der Waals surface area contributed by atoms with Crippen LogP contribution in [0.3, 0.4) is 0 Å². The molecule has 2 aliphatic heterocycles. The molecule has 50 heavy (non-hydrogen) atoms. The van der Waals surface area contributed by atoms with Crippen molar-refractivity contribution >= 4 is 35.3 Å². The first-order chi connectivity index (χ1) is 24.7. The second kappa shape index (κ2) is 16.5. The predicted octanol–water partition coefficient (Wildman–Crippen LogP) is 8.73. The summed E-state index contributed by atoms with van der Waals surface area (Å²) >= 11 is 3.44. The summed E-state index contributed by atoms with van der Waals surface area (Å²) in [5, 5.41) is 0. The molecule has 5 aromatic rings. The van der Waals surface area contributed by atoms with Crippen molar-refractivity contribution in [1.82, 2.24) is 4.98 Å². The standard InChI is InChI=1S/C41H39N3O4S2/c1-49-34-20-16-28(17-21-34)38-36(43-40(47-38)30-10-5-3-6-11-30)26-45-24-32-14-9-15-33(42-32)25-46-27-37-39(29-18-22-35(50-2)23-19-29)48-41(44-37)31-12-7-4-8-13-31/h3-23,36-39H,24-27H2,1-2H3/t36-,37-,38?,39?/m1/s1. The van der Waals surface area contributed by atoms with Gasteiger partial charge in [0.1, 0.15) is 12.1 Å². The minimum absolute atomic E-state index is 0.184. The SMILES string of the molecule is CSc1ccc(C2OC(c3ccccc3)=N[C@@H]2COCc2cccc(COC[C@H]3N=C(c4ccccc4)OC3c3ccc(SC)cc3)n2)cc1. The summed E-state index contributed by atoms with van der Waals surface area (Å²) in [6.45, 7) is 1.51. The lowest BCUT2D eigenvalue weighted by atomic mass is 10.0. The van der Waals surface area contributed by atoms with Gasteiger partial charge in [0.15, 0.2) is 12.2 Å². The highest BCUT2D eigenvalue weighted by Gasteiger charge is 2.34. The summed E-state index contributed by atoms with van der Waals surface area (Å²) in [6.07, 6.45) is 3.69. The number of rotatable bonds is 14. The Morgan fingerprint density at radius 1 is 0.520 bits per heavy atom. The number of thioether (sulfide) groups is 2. The molecule has 0 aliphatic carbocycles. The number of hydrogen-bond acceptors (Lipinski definition) is 9. The van der Waals surface area contributed by atoms with Gasteiger partial charge in [0, 0.05) is 20.9 Å². The highest BCUT2D eigenvalue weighted by atomic mass is 32.2. The van der Waals surface area contributed by atoms with E-state index in [1.54, 1.807) is 23.5 Å². The van der Waals surface area contributed by atoms with E-state index < -0.39 is 0 Å². The number of benzene rings is 4. The maximum Gasteiger partial charge on any atom is 0.217 e. The van der Waals surface area contributed by atoms with Crippen molar-refractivity contribution in [1.29, 1.82) is 0 Å². The van der Waals surface area contributed by atoms with E-state index in [0.29, 0.717) is 38.2 Å². The summed E-state index contributed by atoms with van der Waals surface area (Å²) in [7, 11) is 0. The lowest BCUT2D eigenvalue weighted by Crippen LogP contribution is -2.20. The van der Waals surface area contributed by atoms with Crippen LogP contribution in [0.4, 0.5) is 0 Å². The Bertz CT molecular complexity index is 1770. The van der Waals surface area contributed by atoms with E-state index >= 15 is 0 Å². The molecule has 7 nitrogen and oxygen atoms in total. The number of ether oxygens (including phenoxy) is 4. The fraction of sp³-hybridized carbons (Fsp3) is 0.244. The van der Waals surface area contributed by atoms with Crippen molar-refractivity contribution < 1.29 is 18.9 Å². The first kappa shape index (κ1) is 34.1. The van der Waals surface area contributed by atoms with E-state index in [0.717, 1.165) is 33.6 Å². The molecule has 0 radical (unpaired) electrons. The van der Waals surface area contributed by atoms with Crippen LogP contribution in [0.1, 0.15) is 45.8 Å². The molecule has 0 fully saturated rings. The Morgan fingerprint density at radius 2 is 0.940 bits per heavy atom. The molecule has 7 rings (SSSR count). The number of pyridine rings is 1. The third-order valence-electron chi connectivity index (χ3n) is 8.61. The predicted molar refractivity (Wildman–Crippen MR) is 201 cm³/mol. The molecule has 3 heterocycles. The summed E-state index contributed by atoms with van der Waals surface area (Å²) in [6, 6.07) is 42.6. The number of nitrogens with zero attached hydrogens (tertiary/aromatic N) is 3. The monoisotopic (exact) mass is 701 g/mol. The topological polar surface area (TPSA) is 74.5 Å². The van der Waals surface area contributed by atoms with Crippen molar-refractivity contribution in [3.8, 4) is 0 Å². The Labute approximate surface area is 302 Å². The normalized spacial score (nSPS) is 19.8. The van der Waals surface area contributed by atoms with Crippen LogP contribution in [0.5, 0.6) is 0 Å². The molecule has 2 aliphatic rings. The molecular weight excluding hydrogens is 663 g/mol. The van der Waals surface area contributed by atoms with Crippen LogP contribution in [0.2, 0.25) is 0 Å². The van der Waals surface area contributed by atoms with Gasteiger partial charge in [-0.2, -0.15) is 0 Å². The van der Waals surface area contributed by atoms with E-state index in [-0.39, 0.29) is 24.3 Å². The van der Waals surface area contributed by atoms with E-state index in [2.05, 4.69) is 61.0 Å². The van der Waals surface area contributed by atoms with Gasteiger partial charge in [-0.1, -0.05) is 66.7 Å². The average molecular weight is 702 g/mol. The van der Waals surface area contributed by atoms with Gasteiger partial charge in [-0.05, 0) is 84.3 Å². The zero-order chi connectivity index (χ0) is 34.1. The fourth-order valence-corrected chi connectivity index (χ4v) is 6.83. The highest BCUT2D eigenvalue weighted by Crippen LogP contribution is 2.34.